The molecule has 1 aromatic heterocycles. The highest BCUT2D eigenvalue weighted by Crippen LogP contribution is 2.24. The van der Waals surface area contributed by atoms with Gasteiger partial charge in [-0.05, 0) is 31.7 Å². The van der Waals surface area contributed by atoms with Crippen molar-refractivity contribution in [2.24, 2.45) is 5.73 Å². The average molecular weight is 379 g/mol. The summed E-state index contributed by atoms with van der Waals surface area (Å²) in [6.07, 6.45) is 5.06. The molecule has 0 aliphatic carbocycles. The number of hydrogen-bond donors (Lipinski definition) is 3. The maximum absolute atomic E-state index is 12.2. The fourth-order valence-corrected chi connectivity index (χ4v) is 2.31. The van der Waals surface area contributed by atoms with Crippen molar-refractivity contribution in [3.05, 3.63) is 42.5 Å². The van der Waals surface area contributed by atoms with Gasteiger partial charge in [0.2, 0.25) is 5.91 Å². The minimum absolute atomic E-state index is 0.159. The Morgan fingerprint density at radius 2 is 2.00 bits per heavy atom. The zero-order valence-electron chi connectivity index (χ0n) is 15.3. The van der Waals surface area contributed by atoms with E-state index in [9.17, 15) is 4.79 Å². The molecule has 8 nitrogen and oxygen atoms in total. The Kier molecular flexibility index (Phi) is 8.27. The number of nitrogens with one attached hydrogen (secondary N) is 1. The van der Waals surface area contributed by atoms with Crippen LogP contribution in [0.1, 0.15) is 26.3 Å². The fraction of sp³-hybridized carbons (Fsp3) is 0.412. The minimum Gasteiger partial charge on any atom is -0.481 e. The lowest BCUT2D eigenvalue weighted by Gasteiger charge is -2.28. The number of aliphatic carboxylic acids is 1. The summed E-state index contributed by atoms with van der Waals surface area (Å²) in [6.45, 7) is 5.41. The summed E-state index contributed by atoms with van der Waals surface area (Å²) in [5, 5.41) is 14.4. The van der Waals surface area contributed by atoms with Crippen molar-refractivity contribution in [1.29, 1.82) is 0 Å². The predicted molar refractivity (Wildman–Crippen MR) is 102 cm³/mol. The van der Waals surface area contributed by atoms with Gasteiger partial charge in [-0.1, -0.05) is 18.2 Å². The molecule has 9 heteroatoms. The van der Waals surface area contributed by atoms with Crippen molar-refractivity contribution in [2.45, 2.75) is 38.1 Å². The first-order valence-corrected chi connectivity index (χ1v) is 9.12. The first-order chi connectivity index (χ1) is 12.2. The molecule has 0 fully saturated rings. The zero-order chi connectivity index (χ0) is 19.7. The van der Waals surface area contributed by atoms with Gasteiger partial charge < -0.3 is 16.2 Å². The molecule has 4 N–H and O–H groups in total. The molecule has 0 aliphatic rings. The largest absolute Gasteiger partial charge is 0.481 e. The number of carbonyl (C=O) groups excluding carboxylic acids is 1. The average Bonchev–Trinajstić information content (AvgIpc) is 3.13. The van der Waals surface area contributed by atoms with Gasteiger partial charge in [0.05, 0.1) is 11.7 Å². The summed E-state index contributed by atoms with van der Waals surface area (Å²) in [6, 6.07) is 7.16. The second-order valence-electron chi connectivity index (χ2n) is 5.99. The van der Waals surface area contributed by atoms with E-state index in [2.05, 4.69) is 15.4 Å². The molecule has 142 valence electrons. The maximum atomic E-state index is 12.2. The first kappa shape index (κ1) is 21.7. The van der Waals surface area contributed by atoms with E-state index >= 15 is 0 Å². The molecular weight excluding hydrogens is 354 g/mol. The molecule has 2 aromatic rings. The van der Waals surface area contributed by atoms with E-state index < -0.39 is 12.0 Å². The maximum Gasteiger partial charge on any atom is 0.300 e. The van der Waals surface area contributed by atoms with Crippen LogP contribution >= 0.6 is 11.8 Å². The van der Waals surface area contributed by atoms with Gasteiger partial charge in [0.15, 0.2) is 0 Å². The monoisotopic (exact) mass is 379 g/mol. The number of benzene rings is 1. The SMILES string of the molecule is CC(=O)O.CSC(C)(C)[C@H](N)C(=O)NCc1ccccc1-n1cncn1. The number of carboxylic acid groups (broad SMARTS) is 1. The number of nitrogens with zero attached hydrogens (tertiary/aromatic N) is 3. The second-order valence-corrected chi connectivity index (χ2v) is 7.45. The van der Waals surface area contributed by atoms with E-state index in [4.69, 9.17) is 15.6 Å². The summed E-state index contributed by atoms with van der Waals surface area (Å²) >= 11 is 1.58. The van der Waals surface area contributed by atoms with Gasteiger partial charge in [0, 0.05) is 18.2 Å². The third-order valence-electron chi connectivity index (χ3n) is 3.67. The lowest BCUT2D eigenvalue weighted by atomic mass is 10.0. The van der Waals surface area contributed by atoms with Crippen LogP contribution in [0.5, 0.6) is 0 Å². The van der Waals surface area contributed by atoms with Gasteiger partial charge >= 0.3 is 0 Å². The quantitative estimate of drug-likeness (QED) is 0.694. The van der Waals surface area contributed by atoms with Crippen molar-refractivity contribution in [2.75, 3.05) is 6.26 Å². The second kappa shape index (κ2) is 9.93. The van der Waals surface area contributed by atoms with Gasteiger partial charge in [-0.15, -0.1) is 0 Å². The first-order valence-electron chi connectivity index (χ1n) is 7.90. The lowest BCUT2D eigenvalue weighted by Crippen LogP contribution is -2.51. The lowest BCUT2D eigenvalue weighted by molar-refractivity contribution is -0.134. The standard InChI is InChI=1S/C15H21N5OS.C2H4O2/c1-15(2,22-3)13(16)14(21)18-8-11-6-4-5-7-12(11)20-10-17-9-19-20;1-2(3)4/h4-7,9-10,13H,8,16H2,1-3H3,(H,18,21);1H3,(H,3,4)/t13-;/m1./s1. The Morgan fingerprint density at radius 3 is 2.54 bits per heavy atom. The number of aromatic nitrogens is 3. The molecule has 1 heterocycles. The van der Waals surface area contributed by atoms with E-state index in [-0.39, 0.29) is 10.7 Å². The summed E-state index contributed by atoms with van der Waals surface area (Å²) in [5.41, 5.74) is 7.88. The van der Waals surface area contributed by atoms with Crippen molar-refractivity contribution < 1.29 is 14.7 Å². The van der Waals surface area contributed by atoms with Crippen LogP contribution in [0.2, 0.25) is 0 Å². The third kappa shape index (κ3) is 6.49. The van der Waals surface area contributed by atoms with Gasteiger partial charge in [-0.25, -0.2) is 9.67 Å². The number of hydrogen-bond acceptors (Lipinski definition) is 6. The van der Waals surface area contributed by atoms with Crippen molar-refractivity contribution in [3.8, 4) is 5.69 Å². The number of amides is 1. The minimum atomic E-state index is -0.833. The molecule has 1 amide bonds. The normalized spacial score (nSPS) is 11.9. The van der Waals surface area contributed by atoms with Gasteiger partial charge in [-0.3, -0.25) is 9.59 Å². The Hall–Kier alpha value is -2.39. The number of para-hydroxylation sites is 1. The molecule has 1 aromatic carbocycles. The number of rotatable bonds is 6. The Morgan fingerprint density at radius 1 is 1.38 bits per heavy atom. The van der Waals surface area contributed by atoms with Crippen LogP contribution in [-0.4, -0.2) is 48.8 Å². The molecule has 0 radical (unpaired) electrons. The number of thioether (sulfide) groups is 1. The number of carboxylic acids is 1. The van der Waals surface area contributed by atoms with Crippen LogP contribution < -0.4 is 11.1 Å². The summed E-state index contributed by atoms with van der Waals surface area (Å²) in [4.78, 5) is 25.2. The Balaban J connectivity index is 0.000000765. The predicted octanol–water partition coefficient (Wildman–Crippen LogP) is 1.44. The van der Waals surface area contributed by atoms with Crippen LogP contribution in [0.3, 0.4) is 0 Å². The molecule has 2 rings (SSSR count). The summed E-state index contributed by atoms with van der Waals surface area (Å²) in [5.74, 6) is -0.993. The zero-order valence-corrected chi connectivity index (χ0v) is 16.2. The van der Waals surface area contributed by atoms with E-state index in [0.717, 1.165) is 18.2 Å². The molecule has 1 atom stereocenters. The van der Waals surface area contributed by atoms with Crippen molar-refractivity contribution in [3.63, 3.8) is 0 Å². The molecule has 0 saturated heterocycles. The summed E-state index contributed by atoms with van der Waals surface area (Å²) < 4.78 is 1.36. The highest BCUT2D eigenvalue weighted by atomic mass is 32.2. The number of carbonyl (C=O) groups is 2. The molecule has 0 unspecified atom stereocenters. The third-order valence-corrected chi connectivity index (χ3v) is 4.97. The molecular formula is C17H25N5O3S. The molecule has 0 bridgehead atoms. The van der Waals surface area contributed by atoms with Crippen LogP contribution in [0.15, 0.2) is 36.9 Å². The van der Waals surface area contributed by atoms with Gasteiger partial charge in [-0.2, -0.15) is 16.9 Å². The summed E-state index contributed by atoms with van der Waals surface area (Å²) in [7, 11) is 0. The highest BCUT2D eigenvalue weighted by Gasteiger charge is 2.31. The molecule has 0 saturated carbocycles. The van der Waals surface area contributed by atoms with E-state index in [1.54, 1.807) is 22.8 Å². The van der Waals surface area contributed by atoms with E-state index in [1.807, 2.05) is 44.4 Å². The Labute approximate surface area is 157 Å². The van der Waals surface area contributed by atoms with E-state index in [0.29, 0.717) is 6.54 Å². The van der Waals surface area contributed by atoms with Crippen LogP contribution in [-0.2, 0) is 16.1 Å². The van der Waals surface area contributed by atoms with Gasteiger partial charge in [0.1, 0.15) is 12.7 Å². The van der Waals surface area contributed by atoms with E-state index in [1.165, 1.54) is 6.33 Å². The van der Waals surface area contributed by atoms with Crippen molar-refractivity contribution >= 4 is 23.6 Å². The fourth-order valence-electron chi connectivity index (χ4n) is 1.95. The van der Waals surface area contributed by atoms with Crippen LogP contribution in [0, 0.1) is 0 Å². The highest BCUT2D eigenvalue weighted by molar-refractivity contribution is 8.00. The Bertz CT molecular complexity index is 715. The number of nitrogens with two attached hydrogens (primary N) is 1. The van der Waals surface area contributed by atoms with Crippen molar-refractivity contribution in [1.82, 2.24) is 20.1 Å². The molecule has 0 spiro atoms. The molecule has 0 aliphatic heterocycles. The smallest absolute Gasteiger partial charge is 0.300 e. The topological polar surface area (TPSA) is 123 Å². The van der Waals surface area contributed by atoms with Crippen LogP contribution in [0.4, 0.5) is 0 Å². The van der Waals surface area contributed by atoms with Crippen LogP contribution in [0.25, 0.3) is 5.69 Å². The van der Waals surface area contributed by atoms with Gasteiger partial charge in [0.25, 0.3) is 5.97 Å². The molecule has 26 heavy (non-hydrogen) atoms.